The summed E-state index contributed by atoms with van der Waals surface area (Å²) in [4.78, 5) is 0. The summed E-state index contributed by atoms with van der Waals surface area (Å²) in [5, 5.41) is 8.74. The van der Waals surface area contributed by atoms with Crippen LogP contribution in [-0.2, 0) is 12.6 Å². The third kappa shape index (κ3) is 4.37. The number of nitriles is 1. The second-order valence-corrected chi connectivity index (χ2v) is 5.07. The lowest BCUT2D eigenvalue weighted by molar-refractivity contribution is -0.137. The van der Waals surface area contributed by atoms with Crippen LogP contribution in [0.3, 0.4) is 0 Å². The normalized spacial score (nSPS) is 10.6. The molecule has 0 N–H and O–H groups in total. The molecule has 0 saturated heterocycles. The fourth-order valence-electron chi connectivity index (χ4n) is 2.14. The minimum absolute atomic E-state index is 0.0354. The van der Waals surface area contributed by atoms with Gasteiger partial charge >= 0.3 is 6.18 Å². The molecule has 0 atom stereocenters. The zero-order chi connectivity index (χ0) is 16.9. The van der Waals surface area contributed by atoms with Gasteiger partial charge in [0, 0.05) is 11.1 Å². The van der Waals surface area contributed by atoms with Crippen molar-refractivity contribution in [1.82, 2.24) is 0 Å². The predicted octanol–water partition coefficient (Wildman–Crippen LogP) is 4.93. The molecule has 0 heterocycles. The average molecular weight is 313 g/mol. The summed E-state index contributed by atoms with van der Waals surface area (Å²) in [7, 11) is 0. The SMILES string of the molecule is CCCc1ccc(C#Cc2ccc(C#N)cc2C(F)(F)F)cc1. The van der Waals surface area contributed by atoms with Gasteiger partial charge in [0.25, 0.3) is 0 Å². The monoisotopic (exact) mass is 313 g/mol. The van der Waals surface area contributed by atoms with E-state index < -0.39 is 11.7 Å². The van der Waals surface area contributed by atoms with Crippen molar-refractivity contribution < 1.29 is 13.2 Å². The molecule has 0 aliphatic heterocycles. The molecular weight excluding hydrogens is 299 g/mol. The Morgan fingerprint density at radius 3 is 2.17 bits per heavy atom. The molecule has 2 aromatic carbocycles. The van der Waals surface area contributed by atoms with Crippen molar-refractivity contribution in [2.45, 2.75) is 25.9 Å². The van der Waals surface area contributed by atoms with Crippen molar-refractivity contribution in [3.8, 4) is 17.9 Å². The van der Waals surface area contributed by atoms with Crippen LogP contribution in [0, 0.1) is 23.2 Å². The molecule has 0 fully saturated rings. The number of halogens is 3. The zero-order valence-corrected chi connectivity index (χ0v) is 12.5. The molecule has 0 saturated carbocycles. The largest absolute Gasteiger partial charge is 0.417 e. The summed E-state index contributed by atoms with van der Waals surface area (Å²) in [6, 6.07) is 12.6. The summed E-state index contributed by atoms with van der Waals surface area (Å²) in [6.45, 7) is 2.08. The molecule has 0 aliphatic carbocycles. The second kappa shape index (κ2) is 7.03. The summed E-state index contributed by atoms with van der Waals surface area (Å²) >= 11 is 0. The number of hydrogen-bond acceptors (Lipinski definition) is 1. The number of nitrogens with zero attached hydrogens (tertiary/aromatic N) is 1. The molecule has 23 heavy (non-hydrogen) atoms. The van der Waals surface area contributed by atoms with E-state index in [1.54, 1.807) is 18.2 Å². The molecule has 0 aromatic heterocycles. The third-order valence-corrected chi connectivity index (χ3v) is 3.29. The minimum atomic E-state index is -4.54. The van der Waals surface area contributed by atoms with Gasteiger partial charge in [0.2, 0.25) is 0 Å². The van der Waals surface area contributed by atoms with Crippen LogP contribution >= 0.6 is 0 Å². The molecule has 0 amide bonds. The number of benzene rings is 2. The van der Waals surface area contributed by atoms with E-state index in [1.807, 2.05) is 12.1 Å². The van der Waals surface area contributed by atoms with Gasteiger partial charge in [-0.2, -0.15) is 18.4 Å². The van der Waals surface area contributed by atoms with Gasteiger partial charge in [-0.05, 0) is 42.3 Å². The van der Waals surface area contributed by atoms with E-state index in [0.717, 1.165) is 18.9 Å². The maximum atomic E-state index is 13.1. The van der Waals surface area contributed by atoms with Crippen LogP contribution < -0.4 is 0 Å². The van der Waals surface area contributed by atoms with Crippen LogP contribution in [0.5, 0.6) is 0 Å². The highest BCUT2D eigenvalue weighted by atomic mass is 19.4. The fourth-order valence-corrected chi connectivity index (χ4v) is 2.14. The molecular formula is C19H14F3N. The highest BCUT2D eigenvalue weighted by Crippen LogP contribution is 2.32. The third-order valence-electron chi connectivity index (χ3n) is 3.29. The Morgan fingerprint density at radius 2 is 1.61 bits per heavy atom. The van der Waals surface area contributed by atoms with Gasteiger partial charge < -0.3 is 0 Å². The van der Waals surface area contributed by atoms with Crippen LogP contribution in [0.15, 0.2) is 42.5 Å². The van der Waals surface area contributed by atoms with E-state index in [2.05, 4.69) is 18.8 Å². The first-order valence-corrected chi connectivity index (χ1v) is 7.16. The van der Waals surface area contributed by atoms with Crippen LogP contribution in [0.1, 0.15) is 41.2 Å². The van der Waals surface area contributed by atoms with Crippen molar-refractivity contribution in [2.24, 2.45) is 0 Å². The summed E-state index contributed by atoms with van der Waals surface area (Å²) in [5.74, 6) is 5.31. The number of aryl methyl sites for hydroxylation is 1. The van der Waals surface area contributed by atoms with E-state index >= 15 is 0 Å². The van der Waals surface area contributed by atoms with Gasteiger partial charge in [-0.25, -0.2) is 0 Å². The first kappa shape index (κ1) is 16.6. The molecule has 0 aliphatic rings. The summed E-state index contributed by atoms with van der Waals surface area (Å²) in [6.07, 6.45) is -2.55. The lowest BCUT2D eigenvalue weighted by atomic mass is 10.0. The topological polar surface area (TPSA) is 23.8 Å². The van der Waals surface area contributed by atoms with Crippen molar-refractivity contribution in [3.05, 3.63) is 70.3 Å². The first-order chi connectivity index (χ1) is 10.9. The Hall–Kier alpha value is -2.72. The van der Waals surface area contributed by atoms with Crippen LogP contribution in [0.25, 0.3) is 0 Å². The number of rotatable bonds is 2. The van der Waals surface area contributed by atoms with Crippen LogP contribution in [0.4, 0.5) is 13.2 Å². The van der Waals surface area contributed by atoms with E-state index in [-0.39, 0.29) is 11.1 Å². The molecule has 0 spiro atoms. The van der Waals surface area contributed by atoms with Gasteiger partial charge in [-0.15, -0.1) is 0 Å². The van der Waals surface area contributed by atoms with Crippen molar-refractivity contribution >= 4 is 0 Å². The molecule has 0 unspecified atom stereocenters. The first-order valence-electron chi connectivity index (χ1n) is 7.16. The highest BCUT2D eigenvalue weighted by Gasteiger charge is 2.33. The maximum absolute atomic E-state index is 13.1. The van der Waals surface area contributed by atoms with Gasteiger partial charge in [-0.1, -0.05) is 37.3 Å². The zero-order valence-electron chi connectivity index (χ0n) is 12.5. The average Bonchev–Trinajstić information content (AvgIpc) is 2.53. The van der Waals surface area contributed by atoms with E-state index in [0.29, 0.717) is 5.56 Å². The van der Waals surface area contributed by atoms with Crippen molar-refractivity contribution in [2.75, 3.05) is 0 Å². The Balaban J connectivity index is 2.35. The van der Waals surface area contributed by atoms with Crippen molar-refractivity contribution in [1.29, 1.82) is 5.26 Å². The quantitative estimate of drug-likeness (QED) is 0.721. The second-order valence-electron chi connectivity index (χ2n) is 5.07. The summed E-state index contributed by atoms with van der Waals surface area (Å²) < 4.78 is 39.2. The Labute approximate surface area is 133 Å². The minimum Gasteiger partial charge on any atom is -0.192 e. The van der Waals surface area contributed by atoms with Gasteiger partial charge in [0.15, 0.2) is 0 Å². The van der Waals surface area contributed by atoms with Gasteiger partial charge in [0.05, 0.1) is 17.2 Å². The fraction of sp³-hybridized carbons (Fsp3) is 0.211. The lowest BCUT2D eigenvalue weighted by Gasteiger charge is -2.09. The van der Waals surface area contributed by atoms with Crippen LogP contribution in [-0.4, -0.2) is 0 Å². The van der Waals surface area contributed by atoms with E-state index in [4.69, 9.17) is 5.26 Å². The smallest absolute Gasteiger partial charge is 0.192 e. The lowest BCUT2D eigenvalue weighted by Crippen LogP contribution is -2.08. The standard InChI is InChI=1S/C19H14F3N/c1-2-3-14-4-6-15(7-5-14)8-10-17-11-9-16(13-23)12-18(17)19(20,21)22/h4-7,9,11-12H,2-3H2,1H3. The van der Waals surface area contributed by atoms with Gasteiger partial charge in [0.1, 0.15) is 0 Å². The molecule has 4 heteroatoms. The molecule has 2 rings (SSSR count). The van der Waals surface area contributed by atoms with E-state index in [9.17, 15) is 13.2 Å². The van der Waals surface area contributed by atoms with Crippen molar-refractivity contribution in [3.63, 3.8) is 0 Å². The Morgan fingerprint density at radius 1 is 0.957 bits per heavy atom. The predicted molar refractivity (Wildman–Crippen MR) is 82.6 cm³/mol. The number of hydrogen-bond donors (Lipinski definition) is 0. The number of alkyl halides is 3. The Bertz CT molecular complexity index is 785. The van der Waals surface area contributed by atoms with Gasteiger partial charge in [-0.3, -0.25) is 0 Å². The molecule has 0 radical (unpaired) electrons. The van der Waals surface area contributed by atoms with Crippen LogP contribution in [0.2, 0.25) is 0 Å². The molecule has 2 aromatic rings. The molecule has 1 nitrogen and oxygen atoms in total. The highest BCUT2D eigenvalue weighted by molar-refractivity contribution is 5.50. The Kier molecular flexibility index (Phi) is 5.09. The molecule has 116 valence electrons. The maximum Gasteiger partial charge on any atom is 0.417 e. The summed E-state index contributed by atoms with van der Waals surface area (Å²) in [5.41, 5.74) is 0.780. The van der Waals surface area contributed by atoms with E-state index in [1.165, 1.54) is 17.7 Å². The molecule has 0 bridgehead atoms.